The summed E-state index contributed by atoms with van der Waals surface area (Å²) in [6.45, 7) is 1.02. The summed E-state index contributed by atoms with van der Waals surface area (Å²) in [6, 6.07) is 7.86. The predicted molar refractivity (Wildman–Crippen MR) is 96.9 cm³/mol. The van der Waals surface area contributed by atoms with E-state index < -0.39 is 11.8 Å². The molecule has 3 aromatic rings. The molecule has 0 saturated carbocycles. The number of benzene rings is 1. The number of likely N-dealkylation sites (tertiary alicyclic amines) is 1. The summed E-state index contributed by atoms with van der Waals surface area (Å²) in [5.41, 5.74) is 0.694. The van der Waals surface area contributed by atoms with Gasteiger partial charge in [-0.3, -0.25) is 9.48 Å². The molecule has 0 atom stereocenters. The van der Waals surface area contributed by atoms with Crippen LogP contribution >= 0.6 is 0 Å². The molecule has 1 aliphatic rings. The molecular weight excluding hydrogens is 365 g/mol. The SMILES string of the molecule is O=C(O)c1cnn(C2CCN(C(=O)c3ccn(-c4ccccc4F)n3)CC2)c1. The van der Waals surface area contributed by atoms with E-state index in [2.05, 4.69) is 10.2 Å². The van der Waals surface area contributed by atoms with Crippen LogP contribution in [0.15, 0.2) is 48.9 Å². The molecule has 1 saturated heterocycles. The smallest absolute Gasteiger partial charge is 0.338 e. The number of carbonyl (C=O) groups is 2. The Morgan fingerprint density at radius 3 is 2.57 bits per heavy atom. The summed E-state index contributed by atoms with van der Waals surface area (Å²) in [6.07, 6.45) is 5.74. The Bertz CT molecular complexity index is 1020. The van der Waals surface area contributed by atoms with Gasteiger partial charge in [-0.2, -0.15) is 10.2 Å². The van der Waals surface area contributed by atoms with Gasteiger partial charge in [-0.05, 0) is 31.0 Å². The predicted octanol–water partition coefficient (Wildman–Crippen LogP) is 2.38. The Morgan fingerprint density at radius 2 is 1.89 bits per heavy atom. The van der Waals surface area contributed by atoms with E-state index in [0.717, 1.165) is 0 Å². The van der Waals surface area contributed by atoms with E-state index >= 15 is 0 Å². The van der Waals surface area contributed by atoms with E-state index in [-0.39, 0.29) is 28.9 Å². The second-order valence-corrected chi connectivity index (χ2v) is 6.63. The summed E-state index contributed by atoms with van der Waals surface area (Å²) in [5.74, 6) is -1.63. The van der Waals surface area contributed by atoms with Gasteiger partial charge in [-0.25, -0.2) is 13.9 Å². The van der Waals surface area contributed by atoms with Crippen molar-refractivity contribution in [2.75, 3.05) is 13.1 Å². The highest BCUT2D eigenvalue weighted by Gasteiger charge is 2.26. The fourth-order valence-corrected chi connectivity index (χ4v) is 3.35. The first-order valence-electron chi connectivity index (χ1n) is 8.90. The summed E-state index contributed by atoms with van der Waals surface area (Å²) in [7, 11) is 0. The highest BCUT2D eigenvalue weighted by molar-refractivity contribution is 5.92. The molecule has 1 N–H and O–H groups in total. The maximum absolute atomic E-state index is 13.9. The number of nitrogens with zero attached hydrogens (tertiary/aromatic N) is 5. The van der Waals surface area contributed by atoms with Gasteiger partial charge in [0, 0.05) is 25.5 Å². The fraction of sp³-hybridized carbons (Fsp3) is 0.263. The van der Waals surface area contributed by atoms with Gasteiger partial charge in [0.05, 0.1) is 17.8 Å². The van der Waals surface area contributed by atoms with Crippen LogP contribution < -0.4 is 0 Å². The number of para-hydroxylation sites is 1. The minimum absolute atomic E-state index is 0.0492. The number of halogens is 1. The molecule has 3 heterocycles. The van der Waals surface area contributed by atoms with Crippen LogP contribution in [-0.2, 0) is 0 Å². The number of hydrogen-bond donors (Lipinski definition) is 1. The molecule has 144 valence electrons. The summed E-state index contributed by atoms with van der Waals surface area (Å²) >= 11 is 0. The highest BCUT2D eigenvalue weighted by atomic mass is 19.1. The van der Waals surface area contributed by atoms with Crippen LogP contribution in [0.3, 0.4) is 0 Å². The maximum atomic E-state index is 13.9. The fourth-order valence-electron chi connectivity index (χ4n) is 3.35. The number of piperidine rings is 1. The Morgan fingerprint density at radius 1 is 1.14 bits per heavy atom. The van der Waals surface area contributed by atoms with Crippen LogP contribution in [-0.4, -0.2) is 54.5 Å². The van der Waals surface area contributed by atoms with Crippen molar-refractivity contribution in [2.45, 2.75) is 18.9 Å². The quantitative estimate of drug-likeness (QED) is 0.747. The highest BCUT2D eigenvalue weighted by Crippen LogP contribution is 2.23. The first kappa shape index (κ1) is 17.9. The summed E-state index contributed by atoms with van der Waals surface area (Å²) in [4.78, 5) is 25.4. The monoisotopic (exact) mass is 383 g/mol. The Kier molecular flexibility index (Phi) is 4.64. The second kappa shape index (κ2) is 7.26. The lowest BCUT2D eigenvalue weighted by molar-refractivity contribution is 0.0682. The van der Waals surface area contributed by atoms with Crippen LogP contribution in [0.25, 0.3) is 5.69 Å². The van der Waals surface area contributed by atoms with Crippen LogP contribution in [0.1, 0.15) is 39.7 Å². The van der Waals surface area contributed by atoms with Gasteiger partial charge >= 0.3 is 5.97 Å². The Balaban J connectivity index is 1.42. The van der Waals surface area contributed by atoms with Crippen molar-refractivity contribution >= 4 is 11.9 Å². The molecule has 0 unspecified atom stereocenters. The molecule has 9 heteroatoms. The van der Waals surface area contributed by atoms with E-state index in [4.69, 9.17) is 5.11 Å². The largest absolute Gasteiger partial charge is 0.478 e. The lowest BCUT2D eigenvalue weighted by Crippen LogP contribution is -2.39. The zero-order valence-electron chi connectivity index (χ0n) is 14.9. The minimum atomic E-state index is -1.01. The normalized spacial score (nSPS) is 15.0. The molecule has 0 spiro atoms. The Labute approximate surface area is 159 Å². The number of amides is 1. The molecule has 1 aromatic carbocycles. The van der Waals surface area contributed by atoms with Crippen molar-refractivity contribution in [2.24, 2.45) is 0 Å². The minimum Gasteiger partial charge on any atom is -0.478 e. The zero-order valence-corrected chi connectivity index (χ0v) is 14.9. The molecule has 1 amide bonds. The van der Waals surface area contributed by atoms with E-state index in [0.29, 0.717) is 25.9 Å². The number of hydrogen-bond acceptors (Lipinski definition) is 4. The van der Waals surface area contributed by atoms with E-state index in [1.165, 1.54) is 23.1 Å². The van der Waals surface area contributed by atoms with Crippen molar-refractivity contribution in [3.05, 3.63) is 66.0 Å². The molecule has 1 fully saturated rings. The van der Waals surface area contributed by atoms with Crippen molar-refractivity contribution in [1.82, 2.24) is 24.5 Å². The van der Waals surface area contributed by atoms with Gasteiger partial charge in [-0.1, -0.05) is 12.1 Å². The van der Waals surface area contributed by atoms with Crippen LogP contribution in [0.4, 0.5) is 4.39 Å². The molecule has 1 aliphatic heterocycles. The molecule has 8 nitrogen and oxygen atoms in total. The average molecular weight is 383 g/mol. The number of rotatable bonds is 4. The third kappa shape index (κ3) is 3.38. The van der Waals surface area contributed by atoms with Gasteiger partial charge in [0.1, 0.15) is 11.5 Å². The topological polar surface area (TPSA) is 93.3 Å². The van der Waals surface area contributed by atoms with Crippen molar-refractivity contribution in [3.63, 3.8) is 0 Å². The first-order valence-corrected chi connectivity index (χ1v) is 8.90. The number of aromatic nitrogens is 4. The molecule has 4 rings (SSSR count). The van der Waals surface area contributed by atoms with Crippen molar-refractivity contribution < 1.29 is 19.1 Å². The zero-order chi connectivity index (χ0) is 19.7. The van der Waals surface area contributed by atoms with Crippen LogP contribution in [0, 0.1) is 5.82 Å². The molecule has 0 aliphatic carbocycles. The van der Waals surface area contributed by atoms with E-state index in [1.807, 2.05) is 0 Å². The van der Waals surface area contributed by atoms with Gasteiger partial charge < -0.3 is 10.0 Å². The molecule has 0 radical (unpaired) electrons. The lowest BCUT2D eigenvalue weighted by atomic mass is 10.0. The first-order chi connectivity index (χ1) is 13.5. The van der Waals surface area contributed by atoms with Gasteiger partial charge in [-0.15, -0.1) is 0 Å². The third-order valence-corrected chi connectivity index (χ3v) is 4.88. The number of carbonyl (C=O) groups excluding carboxylic acids is 1. The van der Waals surface area contributed by atoms with Gasteiger partial charge in [0.15, 0.2) is 5.69 Å². The van der Waals surface area contributed by atoms with Gasteiger partial charge in [0.2, 0.25) is 0 Å². The molecular formula is C19H18FN5O3. The molecule has 2 aromatic heterocycles. The average Bonchev–Trinajstić information content (AvgIpc) is 3.38. The van der Waals surface area contributed by atoms with Crippen molar-refractivity contribution in [1.29, 1.82) is 0 Å². The Hall–Kier alpha value is -3.49. The standard InChI is InChI=1S/C19H18FN5O3/c20-15-3-1-2-4-17(15)24-10-7-16(22-24)18(26)23-8-5-14(6-9-23)25-12-13(11-21-25)19(27)28/h1-4,7,10-12,14H,5-6,8-9H2,(H,27,28). The van der Waals surface area contributed by atoms with Crippen LogP contribution in [0.5, 0.6) is 0 Å². The number of aromatic carboxylic acids is 1. The van der Waals surface area contributed by atoms with E-state index in [9.17, 15) is 14.0 Å². The van der Waals surface area contributed by atoms with Gasteiger partial charge in [0.25, 0.3) is 5.91 Å². The molecule has 0 bridgehead atoms. The summed E-state index contributed by atoms with van der Waals surface area (Å²) in [5, 5.41) is 17.3. The lowest BCUT2D eigenvalue weighted by Gasteiger charge is -2.31. The van der Waals surface area contributed by atoms with E-state index in [1.54, 1.807) is 40.0 Å². The number of carboxylic acids is 1. The summed E-state index contributed by atoms with van der Waals surface area (Å²) < 4.78 is 16.9. The second-order valence-electron chi connectivity index (χ2n) is 6.63. The van der Waals surface area contributed by atoms with Crippen molar-refractivity contribution in [3.8, 4) is 5.69 Å². The van der Waals surface area contributed by atoms with Crippen LogP contribution in [0.2, 0.25) is 0 Å². The third-order valence-electron chi connectivity index (χ3n) is 4.88. The maximum Gasteiger partial charge on any atom is 0.338 e. The number of carboxylic acid groups (broad SMARTS) is 1. The molecule has 28 heavy (non-hydrogen) atoms.